The van der Waals surface area contributed by atoms with Gasteiger partial charge in [0.25, 0.3) is 0 Å². The normalized spacial score (nSPS) is 14.4. The fourth-order valence-electron chi connectivity index (χ4n) is 1.27. The Balaban J connectivity index is 3.15. The first kappa shape index (κ1) is 15.4. The molecule has 0 radical (unpaired) electrons. The second-order valence-electron chi connectivity index (χ2n) is 4.88. The van der Waals surface area contributed by atoms with E-state index in [2.05, 4.69) is 20.3 Å². The van der Waals surface area contributed by atoms with Crippen LogP contribution in [-0.2, 0) is 11.0 Å². The molecule has 1 aromatic carbocycles. The second kappa shape index (κ2) is 5.97. The molecular weight excluding hydrogens is 314 g/mol. The van der Waals surface area contributed by atoms with Crippen molar-refractivity contribution in [2.75, 3.05) is 7.11 Å². The van der Waals surface area contributed by atoms with Gasteiger partial charge >= 0.3 is 0 Å². The monoisotopic (exact) mass is 331 g/mol. The number of hydrogen-bond donors (Lipinski definition) is 0. The summed E-state index contributed by atoms with van der Waals surface area (Å²) in [6, 6.07) is 5.69. The highest BCUT2D eigenvalue weighted by molar-refractivity contribution is 9.10. The van der Waals surface area contributed by atoms with Crippen LogP contribution in [0.15, 0.2) is 27.1 Å². The Hall–Kier alpha value is -0.680. The van der Waals surface area contributed by atoms with Crippen molar-refractivity contribution in [3.05, 3.63) is 28.2 Å². The summed E-state index contributed by atoms with van der Waals surface area (Å²) in [5.74, 6) is 0.719. The molecule has 0 fully saturated rings. The lowest BCUT2D eigenvalue weighted by atomic mass is 10.1. The molecule has 0 aromatic heterocycles. The lowest BCUT2D eigenvalue weighted by molar-refractivity contribution is 0.413. The maximum Gasteiger partial charge on any atom is 0.145 e. The third-order valence-electron chi connectivity index (χ3n) is 2.30. The van der Waals surface area contributed by atoms with E-state index in [0.717, 1.165) is 15.8 Å². The largest absolute Gasteiger partial charge is 0.496 e. The first-order chi connectivity index (χ1) is 8.25. The number of nitrogens with zero attached hydrogens (tertiary/aromatic N) is 1. The summed E-state index contributed by atoms with van der Waals surface area (Å²) in [6.07, 6.45) is 0. The fraction of sp³-hybridized carbons (Fsp3) is 0.462. The Morgan fingerprint density at radius 2 is 2.00 bits per heavy atom. The third-order valence-corrected chi connectivity index (χ3v) is 4.28. The van der Waals surface area contributed by atoms with Gasteiger partial charge in [0.05, 0.1) is 17.6 Å². The maximum atomic E-state index is 12.0. The fourth-order valence-corrected chi connectivity index (χ4v) is 2.24. The van der Waals surface area contributed by atoms with Crippen molar-refractivity contribution in [1.29, 1.82) is 0 Å². The molecule has 0 heterocycles. The number of hydrogen-bond acceptors (Lipinski definition) is 2. The van der Waals surface area contributed by atoms with E-state index in [-0.39, 0.29) is 4.75 Å². The van der Waals surface area contributed by atoms with Gasteiger partial charge in [-0.2, -0.15) is 4.40 Å². The lowest BCUT2D eigenvalue weighted by Crippen LogP contribution is -2.20. The van der Waals surface area contributed by atoms with Crippen molar-refractivity contribution in [2.24, 2.45) is 4.40 Å². The molecule has 100 valence electrons. The molecule has 0 unspecified atom stereocenters. The van der Waals surface area contributed by atoms with Gasteiger partial charge in [0.2, 0.25) is 0 Å². The minimum absolute atomic E-state index is 0.357. The molecule has 0 N–H and O–H groups in total. The van der Waals surface area contributed by atoms with Crippen LogP contribution in [0.2, 0.25) is 0 Å². The highest BCUT2D eigenvalue weighted by atomic mass is 79.9. The van der Waals surface area contributed by atoms with Crippen molar-refractivity contribution in [2.45, 2.75) is 32.4 Å². The molecule has 0 aliphatic rings. The average molecular weight is 332 g/mol. The highest BCUT2D eigenvalue weighted by Gasteiger charge is 2.19. The standard InChI is InChI=1S/C13H18BrNO2S/c1-9(15-18(16)13(2,3)4)11-7-6-10(14)8-12(11)17-5/h6-8H,1-5H3/t18-/m0/s1. The van der Waals surface area contributed by atoms with Gasteiger partial charge in [-0.25, -0.2) is 4.21 Å². The van der Waals surface area contributed by atoms with Crippen LogP contribution in [0.1, 0.15) is 33.3 Å². The summed E-state index contributed by atoms with van der Waals surface area (Å²) >= 11 is 3.39. The van der Waals surface area contributed by atoms with Gasteiger partial charge in [-0.1, -0.05) is 15.9 Å². The summed E-state index contributed by atoms with van der Waals surface area (Å²) in [7, 11) is 0.348. The van der Waals surface area contributed by atoms with Gasteiger partial charge in [0.1, 0.15) is 16.7 Å². The van der Waals surface area contributed by atoms with E-state index in [9.17, 15) is 4.21 Å². The SMILES string of the molecule is COc1cc(Br)ccc1C(C)=N[S@@](=O)C(C)(C)C. The maximum absolute atomic E-state index is 12.0. The van der Waals surface area contributed by atoms with Crippen LogP contribution in [0.5, 0.6) is 5.75 Å². The summed E-state index contributed by atoms with van der Waals surface area (Å²) in [5.41, 5.74) is 1.57. The summed E-state index contributed by atoms with van der Waals surface area (Å²) in [5, 5.41) is 0. The molecule has 0 saturated carbocycles. The predicted molar refractivity (Wildman–Crippen MR) is 80.8 cm³/mol. The number of rotatable bonds is 3. The first-order valence-electron chi connectivity index (χ1n) is 5.57. The second-order valence-corrected chi connectivity index (χ2v) is 7.70. The van der Waals surface area contributed by atoms with Gasteiger partial charge in [-0.05, 0) is 45.9 Å². The van der Waals surface area contributed by atoms with Gasteiger partial charge in [-0.15, -0.1) is 0 Å². The highest BCUT2D eigenvalue weighted by Crippen LogP contribution is 2.25. The summed E-state index contributed by atoms with van der Waals surface area (Å²) in [4.78, 5) is 0. The number of halogens is 1. The van der Waals surface area contributed by atoms with Gasteiger partial charge in [-0.3, -0.25) is 0 Å². The molecule has 3 nitrogen and oxygen atoms in total. The molecule has 0 aliphatic heterocycles. The van der Waals surface area contributed by atoms with E-state index in [4.69, 9.17) is 4.74 Å². The van der Waals surface area contributed by atoms with Crippen molar-refractivity contribution in [3.63, 3.8) is 0 Å². The zero-order valence-corrected chi connectivity index (χ0v) is 13.7. The molecule has 0 spiro atoms. The van der Waals surface area contributed by atoms with E-state index >= 15 is 0 Å². The smallest absolute Gasteiger partial charge is 0.145 e. The number of ether oxygens (including phenoxy) is 1. The first-order valence-corrected chi connectivity index (χ1v) is 7.47. The molecule has 0 amide bonds. The molecule has 0 aliphatic carbocycles. The molecule has 1 aromatic rings. The van der Waals surface area contributed by atoms with E-state index in [1.54, 1.807) is 7.11 Å². The van der Waals surface area contributed by atoms with Crippen LogP contribution in [0.4, 0.5) is 0 Å². The van der Waals surface area contributed by atoms with Gasteiger partial charge in [0.15, 0.2) is 0 Å². The Labute approximate surface area is 119 Å². The molecule has 0 saturated heterocycles. The minimum Gasteiger partial charge on any atom is -0.496 e. The lowest BCUT2D eigenvalue weighted by Gasteiger charge is -2.15. The van der Waals surface area contributed by atoms with Crippen molar-refractivity contribution in [1.82, 2.24) is 0 Å². The molecule has 1 atom stereocenters. The predicted octanol–water partition coefficient (Wildman–Crippen LogP) is 3.73. The Morgan fingerprint density at radius 3 is 2.50 bits per heavy atom. The van der Waals surface area contributed by atoms with Crippen LogP contribution in [0.3, 0.4) is 0 Å². The Kier molecular flexibility index (Phi) is 5.10. The van der Waals surface area contributed by atoms with Crippen LogP contribution in [-0.4, -0.2) is 21.8 Å². The van der Waals surface area contributed by atoms with E-state index in [0.29, 0.717) is 5.71 Å². The van der Waals surface area contributed by atoms with E-state index < -0.39 is 11.0 Å². The van der Waals surface area contributed by atoms with Crippen molar-refractivity contribution < 1.29 is 8.95 Å². The zero-order valence-electron chi connectivity index (χ0n) is 11.3. The minimum atomic E-state index is -1.26. The summed E-state index contributed by atoms with van der Waals surface area (Å²) < 4.78 is 22.1. The van der Waals surface area contributed by atoms with Crippen molar-refractivity contribution >= 4 is 32.6 Å². The van der Waals surface area contributed by atoms with E-state index in [1.165, 1.54) is 0 Å². The summed E-state index contributed by atoms with van der Waals surface area (Å²) in [6.45, 7) is 7.55. The Bertz CT molecular complexity index is 492. The molecule has 0 bridgehead atoms. The van der Waals surface area contributed by atoms with Crippen LogP contribution in [0, 0.1) is 0 Å². The third kappa shape index (κ3) is 3.92. The quantitative estimate of drug-likeness (QED) is 0.791. The number of methoxy groups -OCH3 is 1. The Morgan fingerprint density at radius 1 is 1.39 bits per heavy atom. The van der Waals surface area contributed by atoms with Crippen LogP contribution < -0.4 is 4.74 Å². The topological polar surface area (TPSA) is 38.7 Å². The average Bonchev–Trinajstić information content (AvgIpc) is 2.27. The van der Waals surface area contributed by atoms with E-state index in [1.807, 2.05) is 45.9 Å². The van der Waals surface area contributed by atoms with Gasteiger partial charge < -0.3 is 4.74 Å². The van der Waals surface area contributed by atoms with Gasteiger partial charge in [0, 0.05) is 10.0 Å². The van der Waals surface area contributed by atoms with Crippen LogP contribution >= 0.6 is 15.9 Å². The van der Waals surface area contributed by atoms with Crippen molar-refractivity contribution in [3.8, 4) is 5.75 Å². The molecule has 5 heteroatoms. The zero-order chi connectivity index (χ0) is 13.9. The molecule has 18 heavy (non-hydrogen) atoms. The van der Waals surface area contributed by atoms with Crippen LogP contribution in [0.25, 0.3) is 0 Å². The molecular formula is C13H18BrNO2S. The number of benzene rings is 1. The molecule has 1 rings (SSSR count).